The summed E-state index contributed by atoms with van der Waals surface area (Å²) >= 11 is 5.31. The van der Waals surface area contributed by atoms with Crippen LogP contribution in [0.15, 0.2) is 65.1 Å². The number of benzene rings is 3. The molecule has 0 atom stereocenters. The normalized spacial score (nSPS) is 10.8. The molecule has 4 rings (SSSR count). The van der Waals surface area contributed by atoms with Crippen LogP contribution in [0.1, 0.15) is 52.7 Å². The number of nitrogens with one attached hydrogen (secondary N) is 2. The molecule has 0 unspecified atom stereocenters. The van der Waals surface area contributed by atoms with E-state index in [1.807, 2.05) is 30.3 Å². The first-order valence-corrected chi connectivity index (χ1v) is 12.1. The molecule has 0 aliphatic rings. The van der Waals surface area contributed by atoms with E-state index in [2.05, 4.69) is 42.5 Å². The highest BCUT2D eigenvalue weighted by atomic mass is 32.1. The van der Waals surface area contributed by atoms with E-state index in [9.17, 15) is 4.79 Å². The fourth-order valence-electron chi connectivity index (χ4n) is 3.56. The summed E-state index contributed by atoms with van der Waals surface area (Å²) in [5, 5.41) is 5.99. The summed E-state index contributed by atoms with van der Waals surface area (Å²) in [6.07, 6.45) is 2.66. The third-order valence-electron chi connectivity index (χ3n) is 5.73. The van der Waals surface area contributed by atoms with Crippen molar-refractivity contribution in [2.24, 2.45) is 0 Å². The first-order valence-electron chi connectivity index (χ1n) is 11.7. The maximum atomic E-state index is 12.5. The molecule has 0 spiro atoms. The summed E-state index contributed by atoms with van der Waals surface area (Å²) in [5.41, 5.74) is 6.42. The lowest BCUT2D eigenvalue weighted by Crippen LogP contribution is -2.34. The Bertz CT molecular complexity index is 1290. The van der Waals surface area contributed by atoms with Crippen molar-refractivity contribution in [3.8, 4) is 5.75 Å². The molecule has 180 valence electrons. The van der Waals surface area contributed by atoms with Crippen molar-refractivity contribution in [2.45, 2.75) is 40.0 Å². The smallest absolute Gasteiger partial charge is 0.257 e. The molecule has 6 nitrogen and oxygen atoms in total. The van der Waals surface area contributed by atoms with Crippen molar-refractivity contribution >= 4 is 40.0 Å². The third-order valence-corrected chi connectivity index (χ3v) is 5.93. The van der Waals surface area contributed by atoms with E-state index < -0.39 is 0 Å². The Morgan fingerprint density at radius 2 is 1.74 bits per heavy atom. The van der Waals surface area contributed by atoms with Crippen LogP contribution in [0, 0.1) is 13.8 Å². The monoisotopic (exact) mass is 487 g/mol. The predicted octanol–water partition coefficient (Wildman–Crippen LogP) is 6.34. The molecule has 3 aromatic carbocycles. The lowest BCUT2D eigenvalue weighted by molar-refractivity contribution is 0.0977. The van der Waals surface area contributed by atoms with Gasteiger partial charge < -0.3 is 14.5 Å². The number of fused-ring (bicyclic) bond motifs is 1. The van der Waals surface area contributed by atoms with Crippen molar-refractivity contribution in [1.29, 1.82) is 0 Å². The van der Waals surface area contributed by atoms with Gasteiger partial charge in [-0.05, 0) is 97.7 Å². The highest BCUT2D eigenvalue weighted by Gasteiger charge is 2.10. The summed E-state index contributed by atoms with van der Waals surface area (Å²) < 4.78 is 11.6. The van der Waals surface area contributed by atoms with Crippen LogP contribution in [0.4, 0.5) is 5.69 Å². The second kappa shape index (κ2) is 11.1. The molecule has 1 amide bonds. The number of anilines is 1. The van der Waals surface area contributed by atoms with Gasteiger partial charge in [0.1, 0.15) is 11.3 Å². The van der Waals surface area contributed by atoms with Crippen LogP contribution in [0.25, 0.3) is 11.1 Å². The Hall–Kier alpha value is -3.71. The van der Waals surface area contributed by atoms with Gasteiger partial charge in [-0.3, -0.25) is 10.1 Å². The molecular weight excluding hydrogens is 458 g/mol. The molecule has 0 aliphatic carbocycles. The second-order valence-electron chi connectivity index (χ2n) is 8.52. The highest BCUT2D eigenvalue weighted by molar-refractivity contribution is 7.80. The van der Waals surface area contributed by atoms with Crippen LogP contribution in [0.3, 0.4) is 0 Å². The summed E-state index contributed by atoms with van der Waals surface area (Å²) in [7, 11) is 0. The van der Waals surface area contributed by atoms with Crippen LogP contribution in [0.5, 0.6) is 5.75 Å². The molecule has 0 saturated carbocycles. The van der Waals surface area contributed by atoms with E-state index in [4.69, 9.17) is 21.4 Å². The van der Waals surface area contributed by atoms with Gasteiger partial charge in [-0.25, -0.2) is 4.98 Å². The maximum absolute atomic E-state index is 12.5. The van der Waals surface area contributed by atoms with Gasteiger partial charge in [0.15, 0.2) is 16.6 Å². The van der Waals surface area contributed by atoms with Gasteiger partial charge in [0, 0.05) is 17.7 Å². The standard InChI is InChI=1S/C28H29N3O3S/c1-4-5-14-33-23-12-8-21(9-13-23)27(32)31-28(35)29-22-10-6-20(7-11-22)17-26-30-24-15-18(2)19(3)16-25(24)34-26/h6-13,15-16H,4-5,14,17H2,1-3H3,(H2,29,31,32,35). The minimum absolute atomic E-state index is 0.232. The number of aromatic nitrogens is 1. The quantitative estimate of drug-likeness (QED) is 0.223. The summed E-state index contributed by atoms with van der Waals surface area (Å²) in [6.45, 7) is 6.92. The number of hydrogen-bond donors (Lipinski definition) is 2. The van der Waals surface area contributed by atoms with Gasteiger partial charge in [0.25, 0.3) is 5.91 Å². The molecule has 4 aromatic rings. The van der Waals surface area contributed by atoms with E-state index in [-0.39, 0.29) is 11.0 Å². The number of hydrogen-bond acceptors (Lipinski definition) is 5. The highest BCUT2D eigenvalue weighted by Crippen LogP contribution is 2.22. The van der Waals surface area contributed by atoms with Crippen LogP contribution in [-0.4, -0.2) is 22.6 Å². The molecule has 0 aliphatic heterocycles. The minimum Gasteiger partial charge on any atom is -0.494 e. The van der Waals surface area contributed by atoms with Crippen LogP contribution < -0.4 is 15.4 Å². The van der Waals surface area contributed by atoms with E-state index in [1.165, 1.54) is 11.1 Å². The molecule has 7 heteroatoms. The van der Waals surface area contributed by atoms with Gasteiger partial charge in [-0.2, -0.15) is 0 Å². The minimum atomic E-state index is -0.277. The van der Waals surface area contributed by atoms with E-state index in [1.54, 1.807) is 24.3 Å². The summed E-state index contributed by atoms with van der Waals surface area (Å²) in [6, 6.07) is 18.9. The number of amides is 1. The molecule has 0 saturated heterocycles. The number of nitrogens with zero attached hydrogens (tertiary/aromatic N) is 1. The largest absolute Gasteiger partial charge is 0.494 e. The number of rotatable bonds is 8. The van der Waals surface area contributed by atoms with Gasteiger partial charge in [-0.15, -0.1) is 0 Å². The Morgan fingerprint density at radius 1 is 1.03 bits per heavy atom. The molecular formula is C28H29N3O3S. The third kappa shape index (κ3) is 6.45. The van der Waals surface area contributed by atoms with E-state index >= 15 is 0 Å². The molecule has 0 fully saturated rings. The number of aryl methyl sites for hydroxylation is 2. The average Bonchev–Trinajstić information content (AvgIpc) is 3.22. The Morgan fingerprint density at radius 3 is 2.46 bits per heavy atom. The fourth-order valence-corrected chi connectivity index (χ4v) is 3.77. The number of thiocarbonyl (C=S) groups is 1. The van der Waals surface area contributed by atoms with Crippen LogP contribution in [-0.2, 0) is 6.42 Å². The lowest BCUT2D eigenvalue weighted by Gasteiger charge is -2.11. The number of ether oxygens (including phenoxy) is 1. The SMILES string of the molecule is CCCCOc1ccc(C(=O)NC(=S)Nc2ccc(Cc3nc4cc(C)c(C)cc4o3)cc2)cc1. The maximum Gasteiger partial charge on any atom is 0.257 e. The number of oxazole rings is 1. The van der Waals surface area contributed by atoms with Crippen molar-refractivity contribution < 1.29 is 13.9 Å². The van der Waals surface area contributed by atoms with E-state index in [0.29, 0.717) is 24.5 Å². The summed E-state index contributed by atoms with van der Waals surface area (Å²) in [4.78, 5) is 17.1. The Labute approximate surface area is 210 Å². The molecule has 0 bridgehead atoms. The second-order valence-corrected chi connectivity index (χ2v) is 8.93. The predicted molar refractivity (Wildman–Crippen MR) is 143 cm³/mol. The molecule has 0 radical (unpaired) electrons. The van der Waals surface area contributed by atoms with Crippen LogP contribution in [0.2, 0.25) is 0 Å². The Balaban J connectivity index is 1.30. The van der Waals surface area contributed by atoms with Crippen molar-refractivity contribution in [3.05, 3.63) is 88.8 Å². The van der Waals surface area contributed by atoms with Crippen LogP contribution >= 0.6 is 12.2 Å². The first kappa shape index (κ1) is 24.4. The Kier molecular flexibility index (Phi) is 7.77. The van der Waals surface area contributed by atoms with Gasteiger partial charge in [0.05, 0.1) is 6.61 Å². The summed E-state index contributed by atoms with van der Waals surface area (Å²) in [5.74, 6) is 1.15. The molecule has 2 N–H and O–H groups in total. The number of carbonyl (C=O) groups is 1. The zero-order valence-corrected chi connectivity index (χ0v) is 21.0. The topological polar surface area (TPSA) is 76.4 Å². The number of carbonyl (C=O) groups excluding carboxylic acids is 1. The average molecular weight is 488 g/mol. The zero-order chi connectivity index (χ0) is 24.8. The van der Waals surface area contributed by atoms with Crippen molar-refractivity contribution in [2.75, 3.05) is 11.9 Å². The molecule has 1 aromatic heterocycles. The van der Waals surface area contributed by atoms with Crippen molar-refractivity contribution in [1.82, 2.24) is 10.3 Å². The van der Waals surface area contributed by atoms with Gasteiger partial charge in [-0.1, -0.05) is 25.5 Å². The number of unbranched alkanes of at least 4 members (excludes halogenated alkanes) is 1. The van der Waals surface area contributed by atoms with E-state index in [0.717, 1.165) is 40.9 Å². The van der Waals surface area contributed by atoms with Gasteiger partial charge >= 0.3 is 0 Å². The first-order chi connectivity index (χ1) is 16.9. The van der Waals surface area contributed by atoms with Gasteiger partial charge in [0.2, 0.25) is 0 Å². The molecule has 35 heavy (non-hydrogen) atoms. The fraction of sp³-hybridized carbons (Fsp3) is 0.250. The zero-order valence-electron chi connectivity index (χ0n) is 20.2. The molecule has 1 heterocycles. The van der Waals surface area contributed by atoms with Crippen molar-refractivity contribution in [3.63, 3.8) is 0 Å². The lowest BCUT2D eigenvalue weighted by atomic mass is 10.1.